The lowest BCUT2D eigenvalue weighted by molar-refractivity contribution is 0.239. The Bertz CT molecular complexity index is 1380. The summed E-state index contributed by atoms with van der Waals surface area (Å²) < 4.78 is 29.9. The maximum atomic E-state index is 12.8. The highest BCUT2D eigenvalue weighted by molar-refractivity contribution is 7.93. The molecule has 0 aliphatic rings. The first-order chi connectivity index (χ1) is 16.7. The molecule has 0 aliphatic heterocycles. The summed E-state index contributed by atoms with van der Waals surface area (Å²) >= 11 is 0. The number of fused-ring (bicyclic) bond motifs is 1. The fraction of sp³-hybridized carbons (Fsp3) is 0.370. The lowest BCUT2D eigenvalue weighted by Gasteiger charge is -2.21. The average molecular weight is 495 g/mol. The van der Waals surface area contributed by atoms with Gasteiger partial charge in [0, 0.05) is 55.9 Å². The predicted molar refractivity (Wildman–Crippen MR) is 143 cm³/mol. The number of aliphatic hydroxyl groups is 1. The number of aromatic nitrogens is 1. The fourth-order valence-corrected chi connectivity index (χ4v) is 5.48. The Hall–Kier alpha value is -3.12. The maximum Gasteiger partial charge on any atom is 0.251 e. The number of sulfonamides is 1. The molecule has 1 unspecified atom stereocenters. The van der Waals surface area contributed by atoms with E-state index >= 15 is 0 Å². The van der Waals surface area contributed by atoms with Crippen molar-refractivity contribution in [3.05, 3.63) is 59.1 Å². The van der Waals surface area contributed by atoms with Gasteiger partial charge in [0.15, 0.2) is 4.91 Å². The summed E-state index contributed by atoms with van der Waals surface area (Å²) in [6.45, 7) is 9.48. The van der Waals surface area contributed by atoms with Crippen LogP contribution in [-0.2, 0) is 17.1 Å². The van der Waals surface area contributed by atoms with Crippen molar-refractivity contribution in [1.82, 2.24) is 9.29 Å². The van der Waals surface area contributed by atoms with Gasteiger partial charge in [-0.05, 0) is 73.4 Å². The fourth-order valence-electron chi connectivity index (χ4n) is 4.21. The van der Waals surface area contributed by atoms with Crippen LogP contribution in [0.2, 0.25) is 0 Å². The summed E-state index contributed by atoms with van der Waals surface area (Å²) in [4.78, 5) is 1.99. The number of nitrogens with zero attached hydrogens (tertiary/aromatic N) is 3. The van der Waals surface area contributed by atoms with Gasteiger partial charge in [-0.25, -0.2) is 13.1 Å². The van der Waals surface area contributed by atoms with Gasteiger partial charge in [0.25, 0.3) is 10.0 Å². The van der Waals surface area contributed by atoms with Crippen LogP contribution in [0.1, 0.15) is 33.4 Å². The van der Waals surface area contributed by atoms with Crippen molar-refractivity contribution in [3.63, 3.8) is 0 Å². The van der Waals surface area contributed by atoms with Gasteiger partial charge in [0.2, 0.25) is 0 Å². The minimum Gasteiger partial charge on any atom is -0.396 e. The van der Waals surface area contributed by atoms with Crippen molar-refractivity contribution in [2.24, 2.45) is 13.0 Å². The number of aliphatic hydroxyl groups excluding tert-OH is 1. The van der Waals surface area contributed by atoms with Gasteiger partial charge in [-0.3, -0.25) is 0 Å². The molecule has 0 spiro atoms. The Labute approximate surface area is 208 Å². The minimum atomic E-state index is -4.00. The topological polar surface area (TPSA) is 98.4 Å². The van der Waals surface area contributed by atoms with Crippen LogP contribution >= 0.6 is 0 Å². The van der Waals surface area contributed by atoms with E-state index in [1.54, 1.807) is 13.8 Å². The standard InChI is InChI=1S/C27H34N4O3S/c1-6-31(7-2)24-11-10-21-14-23(9-8-22(21)15-24)26-13-12-25(30(26)5)20(4)27(16-28)35(33,34)29-17-19(3)18-32/h8-15,19,29,32H,6-7,17-18H2,1-5H3/b27-20+. The highest BCUT2D eigenvalue weighted by Crippen LogP contribution is 2.31. The third kappa shape index (κ3) is 5.59. The molecule has 0 radical (unpaired) electrons. The molecule has 0 bridgehead atoms. The first-order valence-corrected chi connectivity index (χ1v) is 13.3. The Kier molecular flexibility index (Phi) is 8.39. The van der Waals surface area contributed by atoms with Gasteiger partial charge in [-0.1, -0.05) is 25.1 Å². The normalized spacial score (nSPS) is 13.4. The van der Waals surface area contributed by atoms with Gasteiger partial charge in [0.1, 0.15) is 6.07 Å². The van der Waals surface area contributed by atoms with Crippen LogP contribution in [0.25, 0.3) is 27.6 Å². The molecule has 0 fully saturated rings. The number of allylic oxidation sites excluding steroid dienone is 2. The van der Waals surface area contributed by atoms with Crippen LogP contribution in [0.3, 0.4) is 0 Å². The number of nitriles is 1. The largest absolute Gasteiger partial charge is 0.396 e. The van der Waals surface area contributed by atoms with Crippen molar-refractivity contribution in [2.75, 3.05) is 31.1 Å². The molecule has 8 heteroatoms. The van der Waals surface area contributed by atoms with E-state index in [1.165, 1.54) is 5.69 Å². The van der Waals surface area contributed by atoms with Crippen LogP contribution in [0.5, 0.6) is 0 Å². The zero-order valence-corrected chi connectivity index (χ0v) is 21.9. The summed E-state index contributed by atoms with van der Waals surface area (Å²) in [6, 6.07) is 18.4. The number of hydrogen-bond acceptors (Lipinski definition) is 5. The van der Waals surface area contributed by atoms with Gasteiger partial charge < -0.3 is 14.6 Å². The lowest BCUT2D eigenvalue weighted by Crippen LogP contribution is -2.30. The summed E-state index contributed by atoms with van der Waals surface area (Å²) in [6.07, 6.45) is 0. The molecule has 1 aromatic heterocycles. The van der Waals surface area contributed by atoms with E-state index in [9.17, 15) is 18.8 Å². The first kappa shape index (κ1) is 26.5. The van der Waals surface area contributed by atoms with Crippen LogP contribution in [0, 0.1) is 17.2 Å². The summed E-state index contributed by atoms with van der Waals surface area (Å²) in [5.74, 6) is -0.248. The van der Waals surface area contributed by atoms with E-state index in [2.05, 4.69) is 59.9 Å². The van der Waals surface area contributed by atoms with Crippen LogP contribution in [-0.4, -0.2) is 44.3 Å². The van der Waals surface area contributed by atoms with Gasteiger partial charge in [0.05, 0.1) is 0 Å². The second kappa shape index (κ2) is 11.1. The molecule has 7 nitrogen and oxygen atoms in total. The highest BCUT2D eigenvalue weighted by atomic mass is 32.2. The van der Waals surface area contributed by atoms with Gasteiger partial charge in [-0.15, -0.1) is 0 Å². The molecule has 0 aliphatic carbocycles. The van der Waals surface area contributed by atoms with E-state index in [4.69, 9.17) is 0 Å². The monoisotopic (exact) mass is 494 g/mol. The third-order valence-electron chi connectivity index (χ3n) is 6.40. The number of rotatable bonds is 10. The number of nitrogens with one attached hydrogen (secondary N) is 1. The van der Waals surface area contributed by atoms with E-state index in [0.29, 0.717) is 11.3 Å². The second-order valence-electron chi connectivity index (χ2n) is 8.79. The van der Waals surface area contributed by atoms with E-state index in [0.717, 1.165) is 35.1 Å². The van der Waals surface area contributed by atoms with Crippen molar-refractivity contribution in [2.45, 2.75) is 27.7 Å². The molecule has 2 aromatic carbocycles. The zero-order chi connectivity index (χ0) is 25.8. The first-order valence-electron chi connectivity index (χ1n) is 11.8. The van der Waals surface area contributed by atoms with Crippen molar-refractivity contribution in [1.29, 1.82) is 5.26 Å². The molecule has 3 rings (SSSR count). The maximum absolute atomic E-state index is 12.8. The molecule has 0 amide bonds. The van der Waals surface area contributed by atoms with Crippen molar-refractivity contribution >= 4 is 32.1 Å². The van der Waals surface area contributed by atoms with E-state index < -0.39 is 10.0 Å². The Balaban J connectivity index is 1.98. The Morgan fingerprint density at radius 1 is 1.11 bits per heavy atom. The molecule has 35 heavy (non-hydrogen) atoms. The molecule has 186 valence electrons. The Morgan fingerprint density at radius 3 is 2.40 bits per heavy atom. The summed E-state index contributed by atoms with van der Waals surface area (Å²) in [7, 11) is -2.14. The molecule has 0 saturated heterocycles. The molecular formula is C27H34N4O3S. The van der Waals surface area contributed by atoms with Crippen LogP contribution < -0.4 is 9.62 Å². The molecule has 1 atom stereocenters. The van der Waals surface area contributed by atoms with Gasteiger partial charge >= 0.3 is 0 Å². The molecule has 1 heterocycles. The van der Waals surface area contributed by atoms with E-state index in [-0.39, 0.29) is 24.0 Å². The zero-order valence-electron chi connectivity index (χ0n) is 21.0. The molecule has 0 saturated carbocycles. The SMILES string of the molecule is CCN(CC)c1ccc2cc(-c3ccc(/C(C)=C(\C#N)S(=O)(=O)NCC(C)CO)n3C)ccc2c1. The van der Waals surface area contributed by atoms with Crippen molar-refractivity contribution in [3.8, 4) is 17.3 Å². The quantitative estimate of drug-likeness (QED) is 0.405. The van der Waals surface area contributed by atoms with E-state index in [1.807, 2.05) is 29.8 Å². The highest BCUT2D eigenvalue weighted by Gasteiger charge is 2.23. The third-order valence-corrected chi connectivity index (χ3v) is 7.88. The minimum absolute atomic E-state index is 0.0583. The number of anilines is 1. The summed E-state index contributed by atoms with van der Waals surface area (Å²) in [5, 5.41) is 21.1. The van der Waals surface area contributed by atoms with Crippen molar-refractivity contribution < 1.29 is 13.5 Å². The number of hydrogen-bond donors (Lipinski definition) is 2. The predicted octanol–water partition coefficient (Wildman–Crippen LogP) is 4.49. The van der Waals surface area contributed by atoms with Crippen LogP contribution in [0.15, 0.2) is 53.4 Å². The smallest absolute Gasteiger partial charge is 0.251 e. The molecule has 2 N–H and O–H groups in total. The average Bonchev–Trinajstić information content (AvgIpc) is 3.24. The van der Waals surface area contributed by atoms with Crippen LogP contribution in [0.4, 0.5) is 5.69 Å². The molecule has 3 aromatic rings. The number of benzene rings is 2. The van der Waals surface area contributed by atoms with Gasteiger partial charge in [-0.2, -0.15) is 5.26 Å². The summed E-state index contributed by atoms with van der Waals surface area (Å²) in [5.41, 5.74) is 4.14. The Morgan fingerprint density at radius 2 is 1.77 bits per heavy atom. The lowest BCUT2D eigenvalue weighted by atomic mass is 10.0. The second-order valence-corrected chi connectivity index (χ2v) is 10.5. The molecular weight excluding hydrogens is 460 g/mol.